The molecule has 2 N–H and O–H groups in total. The van der Waals surface area contributed by atoms with Gasteiger partial charge in [-0.15, -0.1) is 0 Å². The Balaban J connectivity index is 1.90. The zero-order valence-electron chi connectivity index (χ0n) is 15.3. The fraction of sp³-hybridized carbons (Fsp3) is 0.238. The minimum atomic E-state index is -0.340. The molecule has 0 aliphatic carbocycles. The summed E-state index contributed by atoms with van der Waals surface area (Å²) in [6.07, 6.45) is 3.06. The predicted octanol–water partition coefficient (Wildman–Crippen LogP) is 3.47. The summed E-state index contributed by atoms with van der Waals surface area (Å²) in [6.45, 7) is 6.22. The maximum Gasteiger partial charge on any atom is 0.244 e. The van der Waals surface area contributed by atoms with Gasteiger partial charge in [-0.25, -0.2) is 0 Å². The second-order valence-corrected chi connectivity index (χ2v) is 5.84. The van der Waals surface area contributed by atoms with Gasteiger partial charge in [-0.2, -0.15) is 0 Å². The van der Waals surface area contributed by atoms with E-state index >= 15 is 0 Å². The fourth-order valence-corrected chi connectivity index (χ4v) is 2.49. The summed E-state index contributed by atoms with van der Waals surface area (Å²) in [5, 5.41) is 5.42. The van der Waals surface area contributed by atoms with Crippen LogP contribution in [0.1, 0.15) is 23.6 Å². The third-order valence-corrected chi connectivity index (χ3v) is 3.80. The first-order valence-corrected chi connectivity index (χ1v) is 8.55. The number of para-hydroxylation sites is 2. The lowest BCUT2D eigenvalue weighted by Gasteiger charge is -2.11. The first-order valence-electron chi connectivity index (χ1n) is 8.55. The van der Waals surface area contributed by atoms with E-state index in [4.69, 9.17) is 4.74 Å². The Kier molecular flexibility index (Phi) is 6.97. The van der Waals surface area contributed by atoms with Crippen molar-refractivity contribution < 1.29 is 14.3 Å². The summed E-state index contributed by atoms with van der Waals surface area (Å²) in [6, 6.07) is 13.3. The van der Waals surface area contributed by atoms with Crippen molar-refractivity contribution in [2.24, 2.45) is 0 Å². The van der Waals surface area contributed by atoms with E-state index in [0.29, 0.717) is 12.4 Å². The van der Waals surface area contributed by atoms with Gasteiger partial charge in [0.2, 0.25) is 11.8 Å². The molecule has 0 radical (unpaired) electrons. The smallest absolute Gasteiger partial charge is 0.244 e. The van der Waals surface area contributed by atoms with Crippen LogP contribution in [0.25, 0.3) is 6.08 Å². The highest BCUT2D eigenvalue weighted by atomic mass is 16.5. The number of ether oxygens (including phenoxy) is 1. The molecule has 2 aromatic carbocycles. The fourth-order valence-electron chi connectivity index (χ4n) is 2.49. The van der Waals surface area contributed by atoms with Crippen LogP contribution < -0.4 is 15.4 Å². The van der Waals surface area contributed by atoms with Crippen LogP contribution in [0.4, 0.5) is 5.69 Å². The van der Waals surface area contributed by atoms with Crippen LogP contribution in [0.15, 0.2) is 48.5 Å². The Labute approximate surface area is 154 Å². The Morgan fingerprint density at radius 3 is 2.42 bits per heavy atom. The van der Waals surface area contributed by atoms with Gasteiger partial charge in [-0.3, -0.25) is 9.59 Å². The van der Waals surface area contributed by atoms with Crippen LogP contribution >= 0.6 is 0 Å². The zero-order chi connectivity index (χ0) is 18.9. The molecule has 2 aromatic rings. The molecule has 2 amide bonds. The Bertz CT molecular complexity index is 792. The van der Waals surface area contributed by atoms with Gasteiger partial charge in [-0.05, 0) is 44.0 Å². The molecule has 5 nitrogen and oxygen atoms in total. The predicted molar refractivity (Wildman–Crippen MR) is 104 cm³/mol. The van der Waals surface area contributed by atoms with Crippen molar-refractivity contribution in [3.8, 4) is 5.75 Å². The summed E-state index contributed by atoms with van der Waals surface area (Å²) in [4.78, 5) is 24.0. The number of nitrogens with one attached hydrogen (secondary N) is 2. The van der Waals surface area contributed by atoms with Crippen LogP contribution in [0, 0.1) is 13.8 Å². The zero-order valence-corrected chi connectivity index (χ0v) is 15.3. The molecule has 0 aliphatic rings. The molecule has 0 fully saturated rings. The van der Waals surface area contributed by atoms with Gasteiger partial charge in [0, 0.05) is 17.3 Å². The van der Waals surface area contributed by atoms with Crippen LogP contribution in [0.5, 0.6) is 5.75 Å². The first-order chi connectivity index (χ1) is 12.5. The Morgan fingerprint density at radius 1 is 1.04 bits per heavy atom. The van der Waals surface area contributed by atoms with Crippen molar-refractivity contribution in [1.82, 2.24) is 5.32 Å². The molecule has 26 heavy (non-hydrogen) atoms. The van der Waals surface area contributed by atoms with E-state index in [0.717, 1.165) is 22.4 Å². The van der Waals surface area contributed by atoms with Gasteiger partial charge in [-0.1, -0.05) is 36.4 Å². The monoisotopic (exact) mass is 352 g/mol. The summed E-state index contributed by atoms with van der Waals surface area (Å²) in [5.41, 5.74) is 3.56. The Morgan fingerprint density at radius 2 is 1.73 bits per heavy atom. The maximum absolute atomic E-state index is 12.1. The van der Waals surface area contributed by atoms with Gasteiger partial charge >= 0.3 is 0 Å². The quantitative estimate of drug-likeness (QED) is 0.750. The highest BCUT2D eigenvalue weighted by molar-refractivity contribution is 5.98. The molecule has 0 aromatic heterocycles. The van der Waals surface area contributed by atoms with Crippen molar-refractivity contribution in [2.45, 2.75) is 20.8 Å². The van der Waals surface area contributed by atoms with Gasteiger partial charge in [0.05, 0.1) is 13.2 Å². The van der Waals surface area contributed by atoms with Gasteiger partial charge in [0.1, 0.15) is 5.75 Å². The van der Waals surface area contributed by atoms with Crippen LogP contribution in [-0.2, 0) is 9.59 Å². The molecule has 0 heterocycles. The molecule has 0 saturated carbocycles. The van der Waals surface area contributed by atoms with E-state index in [1.54, 1.807) is 6.08 Å². The number of hydrogen-bond acceptors (Lipinski definition) is 3. The third-order valence-electron chi connectivity index (χ3n) is 3.80. The molecule has 0 atom stereocenters. The largest absolute Gasteiger partial charge is 0.493 e. The van der Waals surface area contributed by atoms with E-state index in [9.17, 15) is 9.59 Å². The molecule has 0 saturated heterocycles. The molecular formula is C21H24N2O3. The minimum Gasteiger partial charge on any atom is -0.493 e. The lowest BCUT2D eigenvalue weighted by molar-refractivity contribution is -0.121. The van der Waals surface area contributed by atoms with Crippen molar-refractivity contribution in [3.63, 3.8) is 0 Å². The van der Waals surface area contributed by atoms with Crippen molar-refractivity contribution in [1.29, 1.82) is 0 Å². The highest BCUT2D eigenvalue weighted by Gasteiger charge is 2.08. The number of anilines is 1. The lowest BCUT2D eigenvalue weighted by Crippen LogP contribution is -2.32. The maximum atomic E-state index is 12.1. The molecule has 0 unspecified atom stereocenters. The van der Waals surface area contributed by atoms with Crippen molar-refractivity contribution in [2.75, 3.05) is 18.5 Å². The van der Waals surface area contributed by atoms with Crippen molar-refractivity contribution in [3.05, 3.63) is 65.2 Å². The van der Waals surface area contributed by atoms with E-state index in [2.05, 4.69) is 10.6 Å². The number of carbonyl (C=O) groups excluding carboxylic acids is 2. The summed E-state index contributed by atoms with van der Waals surface area (Å²) in [5.74, 6) is 0.110. The number of amides is 2. The summed E-state index contributed by atoms with van der Waals surface area (Å²) < 4.78 is 5.51. The standard InChI is InChI=1S/C21H24N2O3/c1-4-26-18-11-6-5-10-17(18)12-13-19(24)22-14-20(25)23-21-15(2)8-7-9-16(21)3/h5-13H,4,14H2,1-3H3,(H,22,24)(H,23,25)/b13-12+. The Hall–Kier alpha value is -3.08. The minimum absolute atomic E-state index is 0.0932. The summed E-state index contributed by atoms with van der Waals surface area (Å²) >= 11 is 0. The molecule has 0 spiro atoms. The molecule has 136 valence electrons. The van der Waals surface area contributed by atoms with Crippen LogP contribution in [0.3, 0.4) is 0 Å². The molecule has 5 heteroatoms. The van der Waals surface area contributed by atoms with E-state index < -0.39 is 0 Å². The SMILES string of the molecule is CCOc1ccccc1/C=C/C(=O)NCC(=O)Nc1c(C)cccc1C. The molecule has 0 aliphatic heterocycles. The highest BCUT2D eigenvalue weighted by Crippen LogP contribution is 2.20. The van der Waals surface area contributed by atoms with Crippen LogP contribution in [0.2, 0.25) is 0 Å². The van der Waals surface area contributed by atoms with Crippen LogP contribution in [-0.4, -0.2) is 25.0 Å². The number of rotatable bonds is 7. The third kappa shape index (κ3) is 5.48. The first kappa shape index (κ1) is 19.2. The van der Waals surface area contributed by atoms with E-state index in [1.165, 1.54) is 6.08 Å². The number of hydrogen-bond donors (Lipinski definition) is 2. The van der Waals surface area contributed by atoms with Gasteiger partial charge < -0.3 is 15.4 Å². The molecular weight excluding hydrogens is 328 g/mol. The summed E-state index contributed by atoms with van der Waals surface area (Å²) in [7, 11) is 0. The number of carbonyl (C=O) groups is 2. The second-order valence-electron chi connectivity index (χ2n) is 5.84. The van der Waals surface area contributed by atoms with E-state index in [1.807, 2.05) is 63.2 Å². The number of aryl methyl sites for hydroxylation is 2. The average Bonchev–Trinajstić information content (AvgIpc) is 2.62. The normalized spacial score (nSPS) is 10.6. The molecule has 2 rings (SSSR count). The average molecular weight is 352 g/mol. The van der Waals surface area contributed by atoms with Gasteiger partial charge in [0.15, 0.2) is 0 Å². The number of benzene rings is 2. The molecule has 0 bridgehead atoms. The van der Waals surface area contributed by atoms with E-state index in [-0.39, 0.29) is 18.4 Å². The van der Waals surface area contributed by atoms with Crippen molar-refractivity contribution >= 4 is 23.6 Å². The topological polar surface area (TPSA) is 67.4 Å². The lowest BCUT2D eigenvalue weighted by atomic mass is 10.1. The van der Waals surface area contributed by atoms with Gasteiger partial charge in [0.25, 0.3) is 0 Å². The second kappa shape index (κ2) is 9.42.